The summed E-state index contributed by atoms with van der Waals surface area (Å²) in [6.45, 7) is 2.24. The van der Waals surface area contributed by atoms with Crippen LogP contribution in [0.2, 0.25) is 0 Å². The number of hydrogen-bond acceptors (Lipinski definition) is 6. The van der Waals surface area contributed by atoms with Crippen LogP contribution in [-0.2, 0) is 11.3 Å². The number of hydrazone groups is 1. The van der Waals surface area contributed by atoms with Crippen molar-refractivity contribution in [3.63, 3.8) is 0 Å². The summed E-state index contributed by atoms with van der Waals surface area (Å²) < 4.78 is 5.47. The fourth-order valence-corrected chi connectivity index (χ4v) is 2.36. The topological polar surface area (TPSA) is 88.5 Å². The molecule has 1 aromatic heterocycles. The van der Waals surface area contributed by atoms with Gasteiger partial charge in [0.2, 0.25) is 11.8 Å². The molecule has 3 rings (SSSR count). The molecule has 0 saturated heterocycles. The second-order valence-electron chi connectivity index (χ2n) is 6.00. The van der Waals surface area contributed by atoms with E-state index in [2.05, 4.69) is 25.8 Å². The second kappa shape index (κ2) is 9.82. The van der Waals surface area contributed by atoms with E-state index in [4.69, 9.17) is 4.74 Å². The summed E-state index contributed by atoms with van der Waals surface area (Å²) in [5, 5.41) is 7.06. The van der Waals surface area contributed by atoms with Crippen molar-refractivity contribution in [2.45, 2.75) is 13.5 Å². The molecule has 0 atom stereocenters. The fourth-order valence-electron chi connectivity index (χ4n) is 2.36. The molecule has 0 saturated carbocycles. The molecule has 0 aliphatic carbocycles. The van der Waals surface area contributed by atoms with Crippen LogP contribution in [0.15, 0.2) is 71.8 Å². The normalized spacial score (nSPS) is 10.6. The Kier molecular flexibility index (Phi) is 6.67. The number of carbonyl (C=O) groups is 1. The summed E-state index contributed by atoms with van der Waals surface area (Å²) in [6, 6.07) is 21.1. The van der Waals surface area contributed by atoms with Gasteiger partial charge in [-0.15, -0.1) is 0 Å². The molecule has 0 fully saturated rings. The van der Waals surface area contributed by atoms with Crippen LogP contribution in [0.1, 0.15) is 16.8 Å². The van der Waals surface area contributed by atoms with Gasteiger partial charge in [0, 0.05) is 18.3 Å². The van der Waals surface area contributed by atoms with Crippen LogP contribution in [-0.4, -0.2) is 28.7 Å². The highest BCUT2D eigenvalue weighted by atomic mass is 16.5. The molecule has 1 amide bonds. The Morgan fingerprint density at radius 2 is 1.79 bits per heavy atom. The minimum atomic E-state index is -0.373. The van der Waals surface area contributed by atoms with E-state index in [1.54, 1.807) is 12.3 Å². The van der Waals surface area contributed by atoms with Crippen LogP contribution in [0.25, 0.3) is 0 Å². The first-order valence-electron chi connectivity index (χ1n) is 8.82. The minimum Gasteiger partial charge on any atom is -0.467 e. The molecule has 2 aromatic carbocycles. The number of amides is 1. The first kappa shape index (κ1) is 19.0. The molecule has 1 heterocycles. The predicted octanol–water partition coefficient (Wildman–Crippen LogP) is 2.93. The highest BCUT2D eigenvalue weighted by Crippen LogP contribution is 2.13. The van der Waals surface area contributed by atoms with Gasteiger partial charge in [-0.2, -0.15) is 10.1 Å². The zero-order valence-electron chi connectivity index (χ0n) is 15.5. The molecule has 3 aromatic rings. The van der Waals surface area contributed by atoms with Crippen LogP contribution >= 0.6 is 0 Å². The molecule has 0 spiro atoms. The number of aryl methyl sites for hydroxylation is 1. The monoisotopic (exact) mass is 375 g/mol. The van der Waals surface area contributed by atoms with Gasteiger partial charge in [0.1, 0.15) is 0 Å². The maximum absolute atomic E-state index is 11.9. The molecule has 2 N–H and O–H groups in total. The lowest BCUT2D eigenvalue weighted by atomic mass is 10.2. The Hall–Kier alpha value is -3.74. The summed E-state index contributed by atoms with van der Waals surface area (Å²) in [4.78, 5) is 20.5. The Bertz CT molecular complexity index is 930. The summed E-state index contributed by atoms with van der Waals surface area (Å²) >= 11 is 0. The number of aromatic nitrogens is 2. The van der Waals surface area contributed by atoms with Crippen molar-refractivity contribution in [3.8, 4) is 5.88 Å². The minimum absolute atomic E-state index is 0.194. The number of nitrogens with zero attached hydrogens (tertiary/aromatic N) is 3. The first-order chi connectivity index (χ1) is 13.7. The van der Waals surface area contributed by atoms with Gasteiger partial charge in [0.05, 0.1) is 6.21 Å². The Labute approximate surface area is 163 Å². The van der Waals surface area contributed by atoms with E-state index in [9.17, 15) is 4.79 Å². The third-order valence-corrected chi connectivity index (χ3v) is 3.68. The lowest BCUT2D eigenvalue weighted by molar-refractivity contribution is -0.123. The summed E-state index contributed by atoms with van der Waals surface area (Å²) in [7, 11) is 0. The lowest BCUT2D eigenvalue weighted by Gasteiger charge is -2.09. The smallest absolute Gasteiger partial charge is 0.278 e. The Morgan fingerprint density at radius 1 is 1.07 bits per heavy atom. The van der Waals surface area contributed by atoms with Crippen molar-refractivity contribution in [1.29, 1.82) is 0 Å². The highest BCUT2D eigenvalue weighted by molar-refractivity contribution is 5.82. The Morgan fingerprint density at radius 3 is 2.54 bits per heavy atom. The largest absolute Gasteiger partial charge is 0.467 e. The van der Waals surface area contributed by atoms with Crippen molar-refractivity contribution in [1.82, 2.24) is 15.4 Å². The molecular formula is C21H21N5O2. The van der Waals surface area contributed by atoms with Gasteiger partial charge in [-0.1, -0.05) is 60.7 Å². The van der Waals surface area contributed by atoms with E-state index in [-0.39, 0.29) is 12.5 Å². The average Bonchev–Trinajstić information content (AvgIpc) is 2.72. The number of hydrogen-bond donors (Lipinski definition) is 2. The van der Waals surface area contributed by atoms with E-state index in [1.807, 2.05) is 67.6 Å². The van der Waals surface area contributed by atoms with Gasteiger partial charge in [0.15, 0.2) is 6.61 Å². The number of carbonyl (C=O) groups excluding carboxylic acids is 1. The number of rotatable bonds is 8. The van der Waals surface area contributed by atoms with Crippen molar-refractivity contribution >= 4 is 18.1 Å². The SMILES string of the molecule is Cc1cc(OCC(=O)NN=Cc2ccccc2)nc(NCc2ccccc2)n1. The molecule has 0 unspecified atom stereocenters. The van der Waals surface area contributed by atoms with Gasteiger partial charge in [-0.05, 0) is 18.1 Å². The van der Waals surface area contributed by atoms with Crippen LogP contribution < -0.4 is 15.5 Å². The molecule has 0 bridgehead atoms. The number of nitrogens with one attached hydrogen (secondary N) is 2. The summed E-state index contributed by atoms with van der Waals surface area (Å²) in [6.07, 6.45) is 1.57. The molecule has 7 heteroatoms. The van der Waals surface area contributed by atoms with Crippen LogP contribution in [0.3, 0.4) is 0 Å². The average molecular weight is 375 g/mol. The van der Waals surface area contributed by atoms with Crippen molar-refractivity contribution in [2.24, 2.45) is 5.10 Å². The van der Waals surface area contributed by atoms with E-state index in [1.165, 1.54) is 0 Å². The van der Waals surface area contributed by atoms with Crippen LogP contribution in [0.5, 0.6) is 5.88 Å². The van der Waals surface area contributed by atoms with Gasteiger partial charge >= 0.3 is 0 Å². The lowest BCUT2D eigenvalue weighted by Crippen LogP contribution is -2.25. The zero-order valence-corrected chi connectivity index (χ0v) is 15.5. The summed E-state index contributed by atoms with van der Waals surface area (Å²) in [5.74, 6) is 0.397. The first-order valence-corrected chi connectivity index (χ1v) is 8.82. The second-order valence-corrected chi connectivity index (χ2v) is 6.00. The molecule has 142 valence electrons. The molecular weight excluding hydrogens is 354 g/mol. The van der Waals surface area contributed by atoms with Gasteiger partial charge < -0.3 is 10.1 Å². The number of ether oxygens (including phenoxy) is 1. The molecule has 0 aliphatic heterocycles. The van der Waals surface area contributed by atoms with Crippen LogP contribution in [0.4, 0.5) is 5.95 Å². The molecule has 0 aliphatic rings. The third-order valence-electron chi connectivity index (χ3n) is 3.68. The molecule has 0 radical (unpaired) electrons. The number of benzene rings is 2. The number of anilines is 1. The quantitative estimate of drug-likeness (QED) is 0.467. The van der Waals surface area contributed by atoms with Crippen molar-refractivity contribution < 1.29 is 9.53 Å². The molecule has 7 nitrogen and oxygen atoms in total. The maximum Gasteiger partial charge on any atom is 0.278 e. The van der Waals surface area contributed by atoms with Crippen LogP contribution in [0, 0.1) is 6.92 Å². The van der Waals surface area contributed by atoms with Crippen molar-refractivity contribution in [2.75, 3.05) is 11.9 Å². The van der Waals surface area contributed by atoms with Gasteiger partial charge in [-0.3, -0.25) is 4.79 Å². The maximum atomic E-state index is 11.9. The van der Waals surface area contributed by atoms with E-state index < -0.39 is 0 Å². The standard InChI is InChI=1S/C21H21N5O2/c1-16-12-20(25-21(24-16)22-13-17-8-4-2-5-9-17)28-15-19(27)26-23-14-18-10-6-3-7-11-18/h2-12,14H,13,15H2,1H3,(H,26,27)(H,22,24,25). The van der Waals surface area contributed by atoms with Crippen molar-refractivity contribution in [3.05, 3.63) is 83.6 Å². The van der Waals surface area contributed by atoms with E-state index >= 15 is 0 Å². The Balaban J connectivity index is 1.50. The van der Waals surface area contributed by atoms with Gasteiger partial charge in [0.25, 0.3) is 5.91 Å². The highest BCUT2D eigenvalue weighted by Gasteiger charge is 2.06. The molecule has 28 heavy (non-hydrogen) atoms. The van der Waals surface area contributed by atoms with E-state index in [0.29, 0.717) is 18.4 Å². The third kappa shape index (κ3) is 6.21. The zero-order chi connectivity index (χ0) is 19.6. The summed E-state index contributed by atoms with van der Waals surface area (Å²) in [5.41, 5.74) is 5.17. The van der Waals surface area contributed by atoms with E-state index in [0.717, 1.165) is 16.8 Å². The van der Waals surface area contributed by atoms with Gasteiger partial charge in [-0.25, -0.2) is 10.4 Å². The fraction of sp³-hybridized carbons (Fsp3) is 0.143. The predicted molar refractivity (Wildman–Crippen MR) is 108 cm³/mol.